The molecule has 4 nitrogen and oxygen atoms in total. The van der Waals surface area contributed by atoms with Gasteiger partial charge in [-0.15, -0.1) is 0 Å². The number of nitrogens with two attached hydrogens (primary N) is 1. The van der Waals surface area contributed by atoms with E-state index in [0.717, 1.165) is 32.6 Å². The van der Waals surface area contributed by atoms with Gasteiger partial charge in [0, 0.05) is 49.8 Å². The van der Waals surface area contributed by atoms with Crippen LogP contribution >= 0.6 is 0 Å². The Labute approximate surface area is 158 Å². The molecule has 0 unspecified atom stereocenters. The highest BCUT2D eigenvalue weighted by atomic mass is 15.2. The first-order valence-electron chi connectivity index (χ1n) is 9.82. The van der Waals surface area contributed by atoms with Gasteiger partial charge >= 0.3 is 0 Å². The maximum Gasteiger partial charge on any atom is 0.0450 e. The summed E-state index contributed by atoms with van der Waals surface area (Å²) in [4.78, 5) is 9.49. The van der Waals surface area contributed by atoms with Crippen LogP contribution in [0.3, 0.4) is 0 Å². The summed E-state index contributed by atoms with van der Waals surface area (Å²) in [6.45, 7) is 8.64. The van der Waals surface area contributed by atoms with Crippen molar-refractivity contribution >= 4 is 5.69 Å². The Kier molecular flexibility index (Phi) is 6.64. The van der Waals surface area contributed by atoms with Crippen LogP contribution in [-0.4, -0.2) is 41.6 Å². The summed E-state index contributed by atoms with van der Waals surface area (Å²) < 4.78 is 0. The van der Waals surface area contributed by atoms with E-state index in [-0.39, 0.29) is 0 Å². The summed E-state index contributed by atoms with van der Waals surface area (Å²) in [5.41, 5.74) is 9.86. The molecule has 0 amide bonds. The Bertz CT molecular complexity index is 663. The number of piperidine rings is 1. The molecule has 1 aromatic carbocycles. The van der Waals surface area contributed by atoms with Crippen molar-refractivity contribution in [2.24, 2.45) is 5.73 Å². The molecule has 2 aromatic rings. The number of benzene rings is 1. The molecule has 0 saturated carbocycles. The second-order valence-corrected chi connectivity index (χ2v) is 7.60. The van der Waals surface area contributed by atoms with Crippen molar-refractivity contribution in [2.45, 2.75) is 51.7 Å². The van der Waals surface area contributed by atoms with E-state index >= 15 is 0 Å². The number of para-hydroxylation sites is 1. The molecule has 0 radical (unpaired) electrons. The zero-order chi connectivity index (χ0) is 18.4. The van der Waals surface area contributed by atoms with E-state index < -0.39 is 0 Å². The van der Waals surface area contributed by atoms with Gasteiger partial charge < -0.3 is 15.5 Å². The molecule has 0 aliphatic carbocycles. The summed E-state index contributed by atoms with van der Waals surface area (Å²) in [6.07, 6.45) is 7.38. The van der Waals surface area contributed by atoms with Crippen molar-refractivity contribution in [3.63, 3.8) is 0 Å². The standard InChI is InChI=1S/C22H32N4/c1-18-8-12-24-16-20(18)17-26(21-6-4-3-5-7-21)22-10-14-25(15-11-22)13-9-19(2)23/h3-8,12,16,19,22H,9-11,13-15,17,23H2,1-2H3/t19-/m1/s1. The van der Waals surface area contributed by atoms with Gasteiger partial charge in [-0.1, -0.05) is 18.2 Å². The number of likely N-dealkylation sites (tertiary alicyclic amines) is 1. The van der Waals surface area contributed by atoms with E-state index in [4.69, 9.17) is 5.73 Å². The SMILES string of the molecule is Cc1ccncc1CN(c1ccccc1)C1CCN(CC[C@@H](C)N)CC1. The Balaban J connectivity index is 1.70. The fraction of sp³-hybridized carbons (Fsp3) is 0.500. The average molecular weight is 353 g/mol. The molecular formula is C22H32N4. The molecule has 0 spiro atoms. The molecule has 2 heterocycles. The van der Waals surface area contributed by atoms with Crippen molar-refractivity contribution < 1.29 is 0 Å². The van der Waals surface area contributed by atoms with Crippen LogP contribution in [0.1, 0.15) is 37.3 Å². The number of anilines is 1. The van der Waals surface area contributed by atoms with Gasteiger partial charge in [0.05, 0.1) is 0 Å². The highest BCUT2D eigenvalue weighted by Gasteiger charge is 2.25. The summed E-state index contributed by atoms with van der Waals surface area (Å²) >= 11 is 0. The average Bonchev–Trinajstić information content (AvgIpc) is 2.67. The van der Waals surface area contributed by atoms with Crippen LogP contribution in [0.5, 0.6) is 0 Å². The Hall–Kier alpha value is -1.91. The predicted molar refractivity (Wildman–Crippen MR) is 109 cm³/mol. The number of nitrogens with zero attached hydrogens (tertiary/aromatic N) is 3. The lowest BCUT2D eigenvalue weighted by Gasteiger charge is -2.40. The van der Waals surface area contributed by atoms with Crippen molar-refractivity contribution in [3.05, 3.63) is 59.9 Å². The van der Waals surface area contributed by atoms with Gasteiger partial charge in [0.25, 0.3) is 0 Å². The number of hydrogen-bond donors (Lipinski definition) is 1. The maximum absolute atomic E-state index is 5.92. The molecule has 2 N–H and O–H groups in total. The molecule has 1 aromatic heterocycles. The molecule has 3 rings (SSSR count). The highest BCUT2D eigenvalue weighted by Crippen LogP contribution is 2.26. The van der Waals surface area contributed by atoms with Gasteiger partial charge in [-0.25, -0.2) is 0 Å². The summed E-state index contributed by atoms with van der Waals surface area (Å²) in [5, 5.41) is 0. The molecule has 140 valence electrons. The number of rotatable bonds is 7. The molecule has 1 saturated heterocycles. The van der Waals surface area contributed by atoms with Crippen molar-refractivity contribution in [2.75, 3.05) is 24.5 Å². The zero-order valence-electron chi connectivity index (χ0n) is 16.1. The Morgan fingerprint density at radius 3 is 2.58 bits per heavy atom. The molecule has 4 heteroatoms. The lowest BCUT2D eigenvalue weighted by atomic mass is 10.00. The van der Waals surface area contributed by atoms with Gasteiger partial charge in [0.1, 0.15) is 0 Å². The highest BCUT2D eigenvalue weighted by molar-refractivity contribution is 5.48. The molecule has 1 aliphatic heterocycles. The van der Waals surface area contributed by atoms with E-state index in [9.17, 15) is 0 Å². The summed E-state index contributed by atoms with van der Waals surface area (Å²) in [5.74, 6) is 0. The smallest absolute Gasteiger partial charge is 0.0450 e. The monoisotopic (exact) mass is 352 g/mol. The Morgan fingerprint density at radius 1 is 1.19 bits per heavy atom. The number of aryl methyl sites for hydroxylation is 1. The molecule has 0 bridgehead atoms. The van der Waals surface area contributed by atoms with Crippen LogP contribution < -0.4 is 10.6 Å². The van der Waals surface area contributed by atoms with Crippen LogP contribution in [0, 0.1) is 6.92 Å². The van der Waals surface area contributed by atoms with Crippen LogP contribution in [0.4, 0.5) is 5.69 Å². The number of pyridine rings is 1. The second kappa shape index (κ2) is 9.15. The van der Waals surface area contributed by atoms with E-state index in [1.54, 1.807) is 0 Å². The van der Waals surface area contributed by atoms with Gasteiger partial charge in [0.2, 0.25) is 0 Å². The third kappa shape index (κ3) is 5.05. The predicted octanol–water partition coefficient (Wildman–Crippen LogP) is 3.60. The minimum atomic E-state index is 0.294. The lowest BCUT2D eigenvalue weighted by molar-refractivity contribution is 0.203. The lowest BCUT2D eigenvalue weighted by Crippen LogP contribution is -2.45. The third-order valence-electron chi connectivity index (χ3n) is 5.47. The minimum absolute atomic E-state index is 0.294. The minimum Gasteiger partial charge on any atom is -0.364 e. The van der Waals surface area contributed by atoms with Gasteiger partial charge in [-0.2, -0.15) is 0 Å². The van der Waals surface area contributed by atoms with Crippen molar-refractivity contribution in [3.8, 4) is 0 Å². The van der Waals surface area contributed by atoms with E-state index in [0.29, 0.717) is 12.1 Å². The topological polar surface area (TPSA) is 45.4 Å². The van der Waals surface area contributed by atoms with Gasteiger partial charge in [-0.05, 0) is 69.0 Å². The molecule has 1 atom stereocenters. The zero-order valence-corrected chi connectivity index (χ0v) is 16.1. The van der Waals surface area contributed by atoms with Crippen LogP contribution in [0.2, 0.25) is 0 Å². The second-order valence-electron chi connectivity index (χ2n) is 7.60. The third-order valence-corrected chi connectivity index (χ3v) is 5.47. The largest absolute Gasteiger partial charge is 0.364 e. The van der Waals surface area contributed by atoms with Crippen molar-refractivity contribution in [1.82, 2.24) is 9.88 Å². The van der Waals surface area contributed by atoms with E-state index in [2.05, 4.69) is 65.0 Å². The summed E-state index contributed by atoms with van der Waals surface area (Å²) in [6, 6.07) is 13.8. The molecular weight excluding hydrogens is 320 g/mol. The van der Waals surface area contributed by atoms with Crippen LogP contribution in [0.25, 0.3) is 0 Å². The van der Waals surface area contributed by atoms with Gasteiger partial charge in [-0.3, -0.25) is 4.98 Å². The van der Waals surface area contributed by atoms with Gasteiger partial charge in [0.15, 0.2) is 0 Å². The fourth-order valence-electron chi connectivity index (χ4n) is 3.74. The normalized spacial score (nSPS) is 17.2. The first-order valence-corrected chi connectivity index (χ1v) is 9.82. The fourth-order valence-corrected chi connectivity index (χ4v) is 3.74. The van der Waals surface area contributed by atoms with E-state index in [1.165, 1.54) is 29.7 Å². The van der Waals surface area contributed by atoms with E-state index in [1.807, 2.05) is 12.4 Å². The maximum atomic E-state index is 5.92. The number of hydrogen-bond acceptors (Lipinski definition) is 4. The molecule has 1 fully saturated rings. The van der Waals surface area contributed by atoms with Crippen molar-refractivity contribution in [1.29, 1.82) is 0 Å². The van der Waals surface area contributed by atoms with Crippen LogP contribution in [-0.2, 0) is 6.54 Å². The first kappa shape index (κ1) is 18.9. The summed E-state index contributed by atoms with van der Waals surface area (Å²) in [7, 11) is 0. The molecule has 26 heavy (non-hydrogen) atoms. The van der Waals surface area contributed by atoms with Crippen LogP contribution in [0.15, 0.2) is 48.8 Å². The molecule has 1 aliphatic rings. The quantitative estimate of drug-likeness (QED) is 0.827. The Morgan fingerprint density at radius 2 is 1.92 bits per heavy atom. The first-order chi connectivity index (χ1) is 12.6. The number of aromatic nitrogens is 1.